The highest BCUT2D eigenvalue weighted by atomic mass is 19.1. The third-order valence-corrected chi connectivity index (χ3v) is 5.88. The Hall–Kier alpha value is -3.23. The van der Waals surface area contributed by atoms with Crippen molar-refractivity contribution in [3.63, 3.8) is 0 Å². The van der Waals surface area contributed by atoms with Crippen molar-refractivity contribution in [2.45, 2.75) is 51.1 Å². The van der Waals surface area contributed by atoms with E-state index in [4.69, 9.17) is 0 Å². The van der Waals surface area contributed by atoms with Crippen LogP contribution < -0.4 is 5.32 Å². The second kappa shape index (κ2) is 7.89. The van der Waals surface area contributed by atoms with Crippen LogP contribution in [0.15, 0.2) is 36.7 Å². The first-order chi connectivity index (χ1) is 14.7. The van der Waals surface area contributed by atoms with Gasteiger partial charge in [-0.3, -0.25) is 0 Å². The van der Waals surface area contributed by atoms with E-state index in [1.54, 1.807) is 24.4 Å². The molecule has 1 fully saturated rings. The molecule has 3 aromatic rings. The lowest BCUT2D eigenvalue weighted by atomic mass is 10.0. The minimum atomic E-state index is -0.369. The molecule has 2 aromatic heterocycles. The maximum Gasteiger partial charge on any atom is 0.322 e. The smallest absolute Gasteiger partial charge is 0.314 e. The van der Waals surface area contributed by atoms with Gasteiger partial charge in [-0.05, 0) is 44.2 Å². The number of hydrogen-bond donors (Lipinski definition) is 1. The maximum atomic E-state index is 14.0. The first-order valence-electron chi connectivity index (χ1n) is 10.5. The molecule has 0 bridgehead atoms. The van der Waals surface area contributed by atoms with Gasteiger partial charge in [-0.1, -0.05) is 12.1 Å². The van der Waals surface area contributed by atoms with Gasteiger partial charge in [-0.25, -0.2) is 13.9 Å². The molecule has 1 saturated heterocycles. The zero-order chi connectivity index (χ0) is 20.5. The first-order valence-corrected chi connectivity index (χ1v) is 10.5. The quantitative estimate of drug-likeness (QED) is 0.715. The summed E-state index contributed by atoms with van der Waals surface area (Å²) in [5.41, 5.74) is 0.861. The SMILES string of the molecule is O=C(Nc1cnn(-c2ccccc2F)c1)N1CCCC[C@H]1c1nnc2n1CCCC2. The topological polar surface area (TPSA) is 80.9 Å². The van der Waals surface area contributed by atoms with E-state index in [1.807, 2.05) is 4.90 Å². The summed E-state index contributed by atoms with van der Waals surface area (Å²) >= 11 is 0. The normalized spacial score (nSPS) is 18.8. The molecule has 8 nitrogen and oxygen atoms in total. The van der Waals surface area contributed by atoms with Crippen LogP contribution in [0, 0.1) is 5.82 Å². The molecule has 0 radical (unpaired) electrons. The van der Waals surface area contributed by atoms with Gasteiger partial charge in [-0.15, -0.1) is 10.2 Å². The molecule has 9 heteroatoms. The standard InChI is InChI=1S/C21H24FN7O/c22-16-7-1-2-8-17(16)29-14-15(13-23-29)24-21(30)27-11-5-3-9-18(27)20-26-25-19-10-4-6-12-28(19)20/h1-2,7-8,13-14,18H,3-6,9-12H2,(H,24,30)/t18-/m0/s1. The van der Waals surface area contributed by atoms with Crippen molar-refractivity contribution in [2.75, 3.05) is 11.9 Å². The van der Waals surface area contributed by atoms with Crippen molar-refractivity contribution in [1.82, 2.24) is 29.4 Å². The Bertz CT molecular complexity index is 1060. The number of rotatable bonds is 3. The number of nitrogens with zero attached hydrogens (tertiary/aromatic N) is 6. The van der Waals surface area contributed by atoms with Gasteiger partial charge in [0.15, 0.2) is 5.82 Å². The summed E-state index contributed by atoms with van der Waals surface area (Å²) < 4.78 is 17.6. The van der Waals surface area contributed by atoms with Crippen molar-refractivity contribution in [3.05, 3.63) is 54.1 Å². The van der Waals surface area contributed by atoms with Gasteiger partial charge in [0.2, 0.25) is 0 Å². The minimum absolute atomic E-state index is 0.0836. The van der Waals surface area contributed by atoms with Crippen LogP contribution in [0.2, 0.25) is 0 Å². The van der Waals surface area contributed by atoms with Gasteiger partial charge < -0.3 is 14.8 Å². The number of urea groups is 1. The lowest BCUT2D eigenvalue weighted by Crippen LogP contribution is -2.42. The summed E-state index contributed by atoms with van der Waals surface area (Å²) in [5.74, 6) is 1.54. The summed E-state index contributed by atoms with van der Waals surface area (Å²) in [4.78, 5) is 14.9. The molecule has 1 aromatic carbocycles. The molecule has 30 heavy (non-hydrogen) atoms. The molecule has 4 heterocycles. The molecule has 0 spiro atoms. The van der Waals surface area contributed by atoms with Crippen molar-refractivity contribution < 1.29 is 9.18 Å². The van der Waals surface area contributed by atoms with E-state index in [1.165, 1.54) is 16.9 Å². The van der Waals surface area contributed by atoms with E-state index in [0.29, 0.717) is 17.9 Å². The van der Waals surface area contributed by atoms with Crippen molar-refractivity contribution >= 4 is 11.7 Å². The van der Waals surface area contributed by atoms with E-state index in [-0.39, 0.29) is 17.9 Å². The van der Waals surface area contributed by atoms with E-state index < -0.39 is 0 Å². The van der Waals surface area contributed by atoms with Crippen molar-refractivity contribution in [1.29, 1.82) is 0 Å². The number of carbonyl (C=O) groups is 1. The summed E-state index contributed by atoms with van der Waals surface area (Å²) in [6.45, 7) is 1.58. The van der Waals surface area contributed by atoms with Gasteiger partial charge in [-0.2, -0.15) is 5.10 Å². The maximum absolute atomic E-state index is 14.0. The highest BCUT2D eigenvalue weighted by Crippen LogP contribution is 2.32. The highest BCUT2D eigenvalue weighted by molar-refractivity contribution is 5.89. The van der Waals surface area contributed by atoms with E-state index >= 15 is 0 Å². The van der Waals surface area contributed by atoms with Gasteiger partial charge in [0.25, 0.3) is 0 Å². The van der Waals surface area contributed by atoms with Crippen LogP contribution in [0.5, 0.6) is 0 Å². The number of aryl methyl sites for hydroxylation is 1. The Balaban J connectivity index is 1.35. The summed E-state index contributed by atoms with van der Waals surface area (Å²) in [6, 6.07) is 6.12. The van der Waals surface area contributed by atoms with Gasteiger partial charge in [0, 0.05) is 19.5 Å². The number of likely N-dealkylation sites (tertiary alicyclic amines) is 1. The molecule has 2 aliphatic heterocycles. The fraction of sp³-hybridized carbons (Fsp3) is 0.429. The number of piperidine rings is 1. The van der Waals surface area contributed by atoms with Crippen molar-refractivity contribution in [2.24, 2.45) is 0 Å². The molecule has 5 rings (SSSR count). The molecule has 1 N–H and O–H groups in total. The molecule has 1 atom stereocenters. The number of nitrogens with one attached hydrogen (secondary N) is 1. The van der Waals surface area contributed by atoms with Gasteiger partial charge >= 0.3 is 6.03 Å². The molecule has 0 saturated carbocycles. The third-order valence-electron chi connectivity index (χ3n) is 5.88. The zero-order valence-electron chi connectivity index (χ0n) is 16.7. The van der Waals surface area contributed by atoms with Crippen LogP contribution in [0.3, 0.4) is 0 Å². The number of benzene rings is 1. The van der Waals surface area contributed by atoms with E-state index in [0.717, 1.165) is 56.7 Å². The Morgan fingerprint density at radius 3 is 2.87 bits per heavy atom. The van der Waals surface area contributed by atoms with E-state index in [2.05, 4.69) is 25.2 Å². The van der Waals surface area contributed by atoms with Crippen LogP contribution >= 0.6 is 0 Å². The van der Waals surface area contributed by atoms with Crippen LogP contribution in [0.25, 0.3) is 5.69 Å². The summed E-state index contributed by atoms with van der Waals surface area (Å²) in [5, 5.41) is 15.9. The molecule has 2 aliphatic rings. The van der Waals surface area contributed by atoms with Crippen LogP contribution in [-0.4, -0.2) is 42.0 Å². The number of carbonyl (C=O) groups excluding carboxylic acids is 1. The molecule has 0 aliphatic carbocycles. The zero-order valence-corrected chi connectivity index (χ0v) is 16.7. The minimum Gasteiger partial charge on any atom is -0.314 e. The average molecular weight is 409 g/mol. The second-order valence-electron chi connectivity index (χ2n) is 7.84. The number of fused-ring (bicyclic) bond motifs is 1. The largest absolute Gasteiger partial charge is 0.322 e. The lowest BCUT2D eigenvalue weighted by molar-refractivity contribution is 0.156. The van der Waals surface area contributed by atoms with Crippen LogP contribution in [0.4, 0.5) is 14.9 Å². The fourth-order valence-corrected chi connectivity index (χ4v) is 4.37. The number of aromatic nitrogens is 5. The highest BCUT2D eigenvalue weighted by Gasteiger charge is 2.33. The molecule has 0 unspecified atom stereocenters. The average Bonchev–Trinajstić information content (AvgIpc) is 3.41. The molecule has 156 valence electrons. The second-order valence-corrected chi connectivity index (χ2v) is 7.84. The summed E-state index contributed by atoms with van der Waals surface area (Å²) in [7, 11) is 0. The summed E-state index contributed by atoms with van der Waals surface area (Å²) in [6.07, 6.45) is 9.24. The number of halogens is 1. The predicted octanol–water partition coefficient (Wildman–Crippen LogP) is 3.70. The Labute approximate surface area is 173 Å². The third kappa shape index (κ3) is 3.44. The molecule has 2 amide bonds. The lowest BCUT2D eigenvalue weighted by Gasteiger charge is -2.35. The van der Waals surface area contributed by atoms with E-state index in [9.17, 15) is 9.18 Å². The molecular formula is C21H24FN7O. The monoisotopic (exact) mass is 409 g/mol. The number of amides is 2. The van der Waals surface area contributed by atoms with Crippen LogP contribution in [-0.2, 0) is 13.0 Å². The van der Waals surface area contributed by atoms with Gasteiger partial charge in [0.05, 0.1) is 24.1 Å². The van der Waals surface area contributed by atoms with Crippen LogP contribution in [0.1, 0.15) is 49.8 Å². The Morgan fingerprint density at radius 2 is 1.97 bits per heavy atom. The predicted molar refractivity (Wildman–Crippen MR) is 109 cm³/mol. The fourth-order valence-electron chi connectivity index (χ4n) is 4.37. The Morgan fingerprint density at radius 1 is 1.10 bits per heavy atom. The number of para-hydroxylation sites is 1. The molecular weight excluding hydrogens is 385 g/mol. The number of anilines is 1. The Kier molecular flexibility index (Phi) is 4.94. The van der Waals surface area contributed by atoms with Crippen molar-refractivity contribution in [3.8, 4) is 5.69 Å². The van der Waals surface area contributed by atoms with Gasteiger partial charge in [0.1, 0.15) is 17.3 Å². The first kappa shape index (κ1) is 18.8. The number of hydrogen-bond acceptors (Lipinski definition) is 4.